The van der Waals surface area contributed by atoms with Crippen molar-refractivity contribution in [2.45, 2.75) is 6.61 Å². The van der Waals surface area contributed by atoms with E-state index in [1.165, 1.54) is 12.1 Å². The van der Waals surface area contributed by atoms with Crippen LogP contribution in [0.3, 0.4) is 0 Å². The van der Waals surface area contributed by atoms with E-state index in [-0.39, 0.29) is 18.2 Å². The van der Waals surface area contributed by atoms with E-state index in [0.29, 0.717) is 57.7 Å². The number of carbonyl (C=O) groups excluding carboxylic acids is 1. The Hall–Kier alpha value is -3.95. The molecule has 3 aromatic carbocycles. The molecule has 0 bridgehead atoms. The third-order valence-electron chi connectivity index (χ3n) is 4.92. The number of carbonyl (C=O) groups is 1. The minimum atomic E-state index is -0.764. The third kappa shape index (κ3) is 6.14. The molecule has 0 unspecified atom stereocenters. The minimum Gasteiger partial charge on any atom is -0.491 e. The van der Waals surface area contributed by atoms with Gasteiger partial charge < -0.3 is 25.3 Å². The summed E-state index contributed by atoms with van der Waals surface area (Å²) in [5.41, 5.74) is 7.20. The van der Waals surface area contributed by atoms with Crippen molar-refractivity contribution in [1.29, 1.82) is 0 Å². The maximum Gasteiger partial charge on any atom is 0.286 e. The molecule has 0 aliphatic carbocycles. The fraction of sp³-hybridized carbons (Fsp3) is 0.160. The van der Waals surface area contributed by atoms with Gasteiger partial charge in [0.1, 0.15) is 36.3 Å². The van der Waals surface area contributed by atoms with Crippen LogP contribution < -0.4 is 20.5 Å². The van der Waals surface area contributed by atoms with E-state index in [4.69, 9.17) is 31.5 Å². The van der Waals surface area contributed by atoms with Crippen LogP contribution in [-0.4, -0.2) is 36.2 Å². The lowest BCUT2D eigenvalue weighted by Crippen LogP contribution is -2.16. The first-order valence-electron chi connectivity index (χ1n) is 10.6. The van der Waals surface area contributed by atoms with Crippen LogP contribution in [0, 0.1) is 5.82 Å². The number of methoxy groups -OCH3 is 1. The highest BCUT2D eigenvalue weighted by Crippen LogP contribution is 2.32. The predicted molar refractivity (Wildman–Crippen MR) is 131 cm³/mol. The summed E-state index contributed by atoms with van der Waals surface area (Å²) >= 11 is 6.40. The number of amides is 1. The number of benzene rings is 3. The molecular weight excluding hydrogens is 475 g/mol. The number of hydrogen-bond donors (Lipinski definition) is 2. The summed E-state index contributed by atoms with van der Waals surface area (Å²) in [5, 5.41) is 4.15. The molecule has 8 nitrogen and oxygen atoms in total. The molecule has 35 heavy (non-hydrogen) atoms. The Morgan fingerprint density at radius 3 is 2.66 bits per heavy atom. The van der Waals surface area contributed by atoms with Gasteiger partial charge in [0.05, 0.1) is 17.1 Å². The maximum absolute atomic E-state index is 13.4. The predicted octanol–water partition coefficient (Wildman–Crippen LogP) is 4.87. The number of primary amides is 1. The van der Waals surface area contributed by atoms with Crippen molar-refractivity contribution in [3.63, 3.8) is 0 Å². The molecule has 0 saturated carbocycles. The molecule has 4 rings (SSSR count). The molecule has 0 aliphatic heterocycles. The van der Waals surface area contributed by atoms with Gasteiger partial charge in [-0.2, -0.15) is 0 Å². The van der Waals surface area contributed by atoms with Crippen LogP contribution in [0.2, 0.25) is 5.02 Å². The molecule has 0 atom stereocenters. The summed E-state index contributed by atoms with van der Waals surface area (Å²) in [6.45, 7) is 0.967. The lowest BCUT2D eigenvalue weighted by molar-refractivity contribution is 0.0991. The summed E-state index contributed by atoms with van der Waals surface area (Å²) in [6.07, 6.45) is 0. The van der Waals surface area contributed by atoms with E-state index in [9.17, 15) is 9.18 Å². The van der Waals surface area contributed by atoms with Gasteiger partial charge in [0.25, 0.3) is 5.91 Å². The van der Waals surface area contributed by atoms with Crippen LogP contribution in [0.4, 0.5) is 15.9 Å². The SMILES string of the molecule is COCCOc1ccc2c(Nc3ccc(OCc4cccc(F)c4)c(Cl)c3)nc(C(N)=O)nc2c1. The fourth-order valence-electron chi connectivity index (χ4n) is 3.27. The van der Waals surface area contributed by atoms with E-state index in [1.54, 1.807) is 55.6 Å². The molecule has 180 valence electrons. The largest absolute Gasteiger partial charge is 0.491 e. The molecule has 3 N–H and O–H groups in total. The van der Waals surface area contributed by atoms with Gasteiger partial charge in [0.15, 0.2) is 0 Å². The molecule has 1 aromatic heterocycles. The Kier molecular flexibility index (Phi) is 7.59. The number of nitrogens with two attached hydrogens (primary N) is 1. The van der Waals surface area contributed by atoms with Crippen molar-refractivity contribution < 1.29 is 23.4 Å². The maximum atomic E-state index is 13.4. The van der Waals surface area contributed by atoms with E-state index >= 15 is 0 Å². The third-order valence-corrected chi connectivity index (χ3v) is 5.22. The molecule has 0 spiro atoms. The topological polar surface area (TPSA) is 109 Å². The fourth-order valence-corrected chi connectivity index (χ4v) is 3.50. The number of hydrogen-bond acceptors (Lipinski definition) is 7. The van der Waals surface area contributed by atoms with Crippen LogP contribution in [0.1, 0.15) is 16.2 Å². The van der Waals surface area contributed by atoms with Crippen LogP contribution in [0.25, 0.3) is 10.9 Å². The zero-order valence-electron chi connectivity index (χ0n) is 18.8. The molecule has 0 saturated heterocycles. The highest BCUT2D eigenvalue weighted by molar-refractivity contribution is 6.32. The van der Waals surface area contributed by atoms with Crippen LogP contribution in [-0.2, 0) is 11.3 Å². The lowest BCUT2D eigenvalue weighted by Gasteiger charge is -2.13. The molecule has 4 aromatic rings. The standard InChI is InChI=1S/C25H22ClFN4O4/c1-33-9-10-34-18-6-7-19-21(13-18)30-25(23(28)32)31-24(19)29-17-5-8-22(20(26)12-17)35-14-15-3-2-4-16(27)11-15/h2-8,11-13H,9-10,14H2,1H3,(H2,28,32)(H,29,30,31). The second-order valence-corrected chi connectivity index (χ2v) is 7.88. The normalized spacial score (nSPS) is 10.8. The Morgan fingerprint density at radius 2 is 1.91 bits per heavy atom. The quantitative estimate of drug-likeness (QED) is 0.301. The summed E-state index contributed by atoms with van der Waals surface area (Å²) in [4.78, 5) is 20.3. The van der Waals surface area contributed by atoms with Gasteiger partial charge in [-0.05, 0) is 48.0 Å². The Bertz CT molecular complexity index is 1370. The zero-order chi connectivity index (χ0) is 24.8. The molecule has 0 fully saturated rings. The molecule has 10 heteroatoms. The summed E-state index contributed by atoms with van der Waals surface area (Å²) in [6, 6.07) is 16.5. The first-order chi connectivity index (χ1) is 16.9. The van der Waals surface area contributed by atoms with Gasteiger partial charge >= 0.3 is 0 Å². The van der Waals surface area contributed by atoms with Gasteiger partial charge in [-0.3, -0.25) is 4.79 Å². The van der Waals surface area contributed by atoms with E-state index in [2.05, 4.69) is 15.3 Å². The van der Waals surface area contributed by atoms with Crippen molar-refractivity contribution >= 4 is 39.9 Å². The number of nitrogens with one attached hydrogen (secondary N) is 1. The van der Waals surface area contributed by atoms with Gasteiger partial charge in [-0.1, -0.05) is 23.7 Å². The molecule has 1 amide bonds. The number of anilines is 2. The average Bonchev–Trinajstić information content (AvgIpc) is 2.83. The van der Waals surface area contributed by atoms with Crippen molar-refractivity contribution in [1.82, 2.24) is 9.97 Å². The number of ether oxygens (including phenoxy) is 3. The second kappa shape index (κ2) is 11.0. The van der Waals surface area contributed by atoms with E-state index < -0.39 is 5.91 Å². The summed E-state index contributed by atoms with van der Waals surface area (Å²) < 4.78 is 29.7. The highest BCUT2D eigenvalue weighted by Gasteiger charge is 2.14. The van der Waals surface area contributed by atoms with Gasteiger partial charge in [0.2, 0.25) is 5.82 Å². The number of fused-ring (bicyclic) bond motifs is 1. The molecule has 1 heterocycles. The average molecular weight is 497 g/mol. The van der Waals surface area contributed by atoms with Gasteiger partial charge in [0, 0.05) is 24.2 Å². The summed E-state index contributed by atoms with van der Waals surface area (Å²) in [5.74, 6) is 0.131. The lowest BCUT2D eigenvalue weighted by atomic mass is 10.2. The van der Waals surface area contributed by atoms with Crippen LogP contribution in [0.15, 0.2) is 60.7 Å². The first kappa shape index (κ1) is 24.2. The summed E-state index contributed by atoms with van der Waals surface area (Å²) in [7, 11) is 1.59. The van der Waals surface area contributed by atoms with Crippen LogP contribution in [0.5, 0.6) is 11.5 Å². The van der Waals surface area contributed by atoms with Gasteiger partial charge in [-0.25, -0.2) is 14.4 Å². The zero-order valence-corrected chi connectivity index (χ0v) is 19.5. The second-order valence-electron chi connectivity index (χ2n) is 7.47. The minimum absolute atomic E-state index is 0.143. The molecular formula is C25H22ClFN4O4. The van der Waals surface area contributed by atoms with Crippen molar-refractivity contribution in [3.8, 4) is 11.5 Å². The molecule has 0 aliphatic rings. The van der Waals surface area contributed by atoms with Crippen molar-refractivity contribution in [2.24, 2.45) is 5.73 Å². The van der Waals surface area contributed by atoms with Gasteiger partial charge in [-0.15, -0.1) is 0 Å². The van der Waals surface area contributed by atoms with Crippen molar-refractivity contribution in [3.05, 3.63) is 82.9 Å². The number of aromatic nitrogens is 2. The first-order valence-corrected chi connectivity index (χ1v) is 11.0. The van der Waals surface area contributed by atoms with E-state index in [0.717, 1.165) is 0 Å². The Labute approximate surface area is 205 Å². The number of nitrogens with zero attached hydrogens (tertiary/aromatic N) is 2. The Morgan fingerprint density at radius 1 is 1.06 bits per heavy atom. The monoisotopic (exact) mass is 496 g/mol. The number of halogens is 2. The van der Waals surface area contributed by atoms with E-state index in [1.807, 2.05) is 0 Å². The van der Waals surface area contributed by atoms with Crippen LogP contribution >= 0.6 is 11.6 Å². The smallest absolute Gasteiger partial charge is 0.286 e. The number of rotatable bonds is 10. The highest BCUT2D eigenvalue weighted by atomic mass is 35.5. The molecule has 0 radical (unpaired) electrons. The van der Waals surface area contributed by atoms with Crippen molar-refractivity contribution in [2.75, 3.05) is 25.6 Å². The Balaban J connectivity index is 1.56.